The summed E-state index contributed by atoms with van der Waals surface area (Å²) in [5, 5.41) is 3.35. The Bertz CT molecular complexity index is 784. The molecule has 2 heterocycles. The zero-order chi connectivity index (χ0) is 15.6. The molecule has 0 bridgehead atoms. The Kier molecular flexibility index (Phi) is 3.61. The summed E-state index contributed by atoms with van der Waals surface area (Å²) in [4.78, 5) is 6.53. The van der Waals surface area contributed by atoms with Crippen molar-refractivity contribution in [3.05, 3.63) is 54.3 Å². The lowest BCUT2D eigenvalue weighted by molar-refractivity contribution is 0.502. The molecule has 0 amide bonds. The molecule has 1 saturated heterocycles. The Morgan fingerprint density at radius 1 is 1.13 bits per heavy atom. The van der Waals surface area contributed by atoms with Crippen LogP contribution in [0, 0.1) is 5.82 Å². The number of piperidine rings is 1. The predicted molar refractivity (Wildman–Crippen MR) is 89.3 cm³/mol. The van der Waals surface area contributed by atoms with Gasteiger partial charge in [0.05, 0.1) is 5.69 Å². The number of anilines is 2. The molecule has 0 saturated carbocycles. The lowest BCUT2D eigenvalue weighted by atomic mass is 10.0. The molecule has 0 aliphatic carbocycles. The van der Waals surface area contributed by atoms with Gasteiger partial charge < -0.3 is 14.6 Å². The van der Waals surface area contributed by atoms with E-state index in [1.165, 1.54) is 6.07 Å². The molecule has 1 unspecified atom stereocenters. The van der Waals surface area contributed by atoms with Gasteiger partial charge in [0.1, 0.15) is 11.3 Å². The van der Waals surface area contributed by atoms with E-state index in [-0.39, 0.29) is 11.9 Å². The van der Waals surface area contributed by atoms with Crippen LogP contribution in [-0.2, 0) is 0 Å². The Balaban J connectivity index is 1.50. The van der Waals surface area contributed by atoms with E-state index >= 15 is 0 Å². The number of aromatic nitrogens is 1. The van der Waals surface area contributed by atoms with Gasteiger partial charge in [0.2, 0.25) is 0 Å². The van der Waals surface area contributed by atoms with Gasteiger partial charge in [-0.15, -0.1) is 0 Å². The fourth-order valence-corrected chi connectivity index (χ4v) is 3.13. The highest BCUT2D eigenvalue weighted by Gasteiger charge is 2.23. The second-order valence-electron chi connectivity index (χ2n) is 5.87. The number of rotatable bonds is 3. The smallest absolute Gasteiger partial charge is 0.295 e. The highest BCUT2D eigenvalue weighted by Crippen LogP contribution is 2.25. The second kappa shape index (κ2) is 5.91. The van der Waals surface area contributed by atoms with Crippen molar-refractivity contribution >= 4 is 22.8 Å². The number of hydrogen-bond acceptors (Lipinski definition) is 4. The molecule has 4 nitrogen and oxygen atoms in total. The molecule has 0 radical (unpaired) electrons. The van der Waals surface area contributed by atoms with Crippen LogP contribution in [0.3, 0.4) is 0 Å². The van der Waals surface area contributed by atoms with Gasteiger partial charge in [0.15, 0.2) is 5.58 Å². The van der Waals surface area contributed by atoms with Crippen molar-refractivity contribution in [2.75, 3.05) is 23.3 Å². The maximum Gasteiger partial charge on any atom is 0.295 e. The quantitative estimate of drug-likeness (QED) is 0.792. The summed E-state index contributed by atoms with van der Waals surface area (Å²) in [6, 6.07) is 15.4. The summed E-state index contributed by atoms with van der Waals surface area (Å²) < 4.78 is 19.7. The Hall–Kier alpha value is -2.56. The molecule has 1 aromatic heterocycles. The number of halogens is 1. The number of nitrogens with zero attached hydrogens (tertiary/aromatic N) is 2. The van der Waals surface area contributed by atoms with Crippen molar-refractivity contribution in [3.63, 3.8) is 0 Å². The Labute approximate surface area is 133 Å². The van der Waals surface area contributed by atoms with Crippen LogP contribution in [0.15, 0.2) is 52.9 Å². The topological polar surface area (TPSA) is 41.3 Å². The van der Waals surface area contributed by atoms with E-state index in [4.69, 9.17) is 4.42 Å². The summed E-state index contributed by atoms with van der Waals surface area (Å²) >= 11 is 0. The molecule has 2 aromatic carbocycles. The largest absolute Gasteiger partial charge is 0.424 e. The SMILES string of the molecule is Fc1ccccc1N1CCCC(Nc2nc3ccccc3o2)C1. The third-order valence-corrected chi connectivity index (χ3v) is 4.24. The minimum atomic E-state index is -0.171. The highest BCUT2D eigenvalue weighted by molar-refractivity contribution is 5.74. The summed E-state index contributed by atoms with van der Waals surface area (Å²) in [5.41, 5.74) is 2.28. The van der Waals surface area contributed by atoms with E-state index in [1.54, 1.807) is 6.07 Å². The summed E-state index contributed by atoms with van der Waals surface area (Å²) in [7, 11) is 0. The first-order valence-corrected chi connectivity index (χ1v) is 7.91. The number of fused-ring (bicyclic) bond motifs is 1. The third-order valence-electron chi connectivity index (χ3n) is 4.24. The van der Waals surface area contributed by atoms with Crippen molar-refractivity contribution < 1.29 is 8.81 Å². The van der Waals surface area contributed by atoms with E-state index in [0.29, 0.717) is 11.7 Å². The van der Waals surface area contributed by atoms with Gasteiger partial charge in [-0.25, -0.2) is 4.39 Å². The van der Waals surface area contributed by atoms with Gasteiger partial charge in [-0.1, -0.05) is 24.3 Å². The lowest BCUT2D eigenvalue weighted by Crippen LogP contribution is -2.42. The highest BCUT2D eigenvalue weighted by atomic mass is 19.1. The van der Waals surface area contributed by atoms with Crippen molar-refractivity contribution in [3.8, 4) is 0 Å². The van der Waals surface area contributed by atoms with Gasteiger partial charge in [0.25, 0.3) is 6.01 Å². The second-order valence-corrected chi connectivity index (χ2v) is 5.87. The molecule has 23 heavy (non-hydrogen) atoms. The third kappa shape index (κ3) is 2.86. The van der Waals surface area contributed by atoms with Gasteiger partial charge >= 0.3 is 0 Å². The van der Waals surface area contributed by atoms with Gasteiger partial charge in [-0.3, -0.25) is 0 Å². The molecular weight excluding hydrogens is 293 g/mol. The zero-order valence-corrected chi connectivity index (χ0v) is 12.7. The minimum absolute atomic E-state index is 0.171. The number of nitrogens with one attached hydrogen (secondary N) is 1. The van der Waals surface area contributed by atoms with Crippen LogP contribution in [-0.4, -0.2) is 24.1 Å². The first-order chi connectivity index (χ1) is 11.3. The van der Waals surface area contributed by atoms with Crippen molar-refractivity contribution in [1.82, 2.24) is 4.98 Å². The van der Waals surface area contributed by atoms with E-state index in [1.807, 2.05) is 36.4 Å². The molecule has 0 spiro atoms. The number of benzene rings is 2. The van der Waals surface area contributed by atoms with Crippen molar-refractivity contribution in [1.29, 1.82) is 0 Å². The molecule has 4 rings (SSSR count). The van der Waals surface area contributed by atoms with Gasteiger partial charge in [-0.2, -0.15) is 4.98 Å². The van der Waals surface area contributed by atoms with Crippen LogP contribution in [0.25, 0.3) is 11.1 Å². The average Bonchev–Trinajstić information content (AvgIpc) is 2.97. The molecule has 118 valence electrons. The van der Waals surface area contributed by atoms with Crippen molar-refractivity contribution in [2.24, 2.45) is 0 Å². The minimum Gasteiger partial charge on any atom is -0.424 e. The molecule has 1 aliphatic heterocycles. The van der Waals surface area contributed by atoms with Crippen LogP contribution in [0.2, 0.25) is 0 Å². The van der Waals surface area contributed by atoms with Gasteiger partial charge in [-0.05, 0) is 37.1 Å². The molecule has 5 heteroatoms. The maximum atomic E-state index is 14.0. The fourth-order valence-electron chi connectivity index (χ4n) is 3.13. The molecule has 1 N–H and O–H groups in total. The first-order valence-electron chi connectivity index (χ1n) is 7.91. The predicted octanol–water partition coefficient (Wildman–Crippen LogP) is 4.05. The molecule has 1 aliphatic rings. The number of oxazole rings is 1. The molecule has 1 fully saturated rings. The Morgan fingerprint density at radius 2 is 1.96 bits per heavy atom. The lowest BCUT2D eigenvalue weighted by Gasteiger charge is -2.34. The maximum absolute atomic E-state index is 14.0. The van der Waals surface area contributed by atoms with Crippen LogP contribution in [0.5, 0.6) is 0 Å². The molecular formula is C18H18FN3O. The summed E-state index contributed by atoms with van der Waals surface area (Å²) in [6.45, 7) is 1.60. The van der Waals surface area contributed by atoms with E-state index in [9.17, 15) is 4.39 Å². The molecule has 1 atom stereocenters. The zero-order valence-electron chi connectivity index (χ0n) is 12.7. The first kappa shape index (κ1) is 14.1. The van der Waals surface area contributed by atoms with Crippen molar-refractivity contribution in [2.45, 2.75) is 18.9 Å². The monoisotopic (exact) mass is 311 g/mol. The van der Waals surface area contributed by atoms with E-state index in [0.717, 1.165) is 37.0 Å². The summed E-state index contributed by atoms with van der Waals surface area (Å²) in [6.07, 6.45) is 2.02. The van der Waals surface area contributed by atoms with E-state index < -0.39 is 0 Å². The normalized spacial score (nSPS) is 18.3. The molecule has 3 aromatic rings. The average molecular weight is 311 g/mol. The number of para-hydroxylation sites is 3. The van der Waals surface area contributed by atoms with E-state index in [2.05, 4.69) is 15.2 Å². The van der Waals surface area contributed by atoms with Gasteiger partial charge in [0, 0.05) is 19.1 Å². The van der Waals surface area contributed by atoms with Crippen LogP contribution >= 0.6 is 0 Å². The summed E-state index contributed by atoms with van der Waals surface area (Å²) in [5.74, 6) is -0.171. The van der Waals surface area contributed by atoms with Crippen LogP contribution < -0.4 is 10.2 Å². The number of hydrogen-bond donors (Lipinski definition) is 1. The standard InChI is InChI=1S/C18H18FN3O/c19-14-7-1-3-9-16(14)22-11-5-6-13(12-22)20-18-21-15-8-2-4-10-17(15)23-18/h1-4,7-10,13H,5-6,11-12H2,(H,20,21). The van der Waals surface area contributed by atoms with Crippen LogP contribution in [0.1, 0.15) is 12.8 Å². The van der Waals surface area contributed by atoms with Crippen LogP contribution in [0.4, 0.5) is 16.1 Å². The fraction of sp³-hybridized carbons (Fsp3) is 0.278. The Morgan fingerprint density at radius 3 is 2.83 bits per heavy atom.